The predicted octanol–water partition coefficient (Wildman–Crippen LogP) is 1.22. The molecule has 1 aliphatic rings. The van der Waals surface area contributed by atoms with Gasteiger partial charge in [0.25, 0.3) is 0 Å². The Kier molecular flexibility index (Phi) is 5.60. The maximum absolute atomic E-state index is 11.0. The summed E-state index contributed by atoms with van der Waals surface area (Å²) in [6, 6.07) is 0.352. The Hall–Kier alpha value is -0.610. The predicted molar refractivity (Wildman–Crippen MR) is 75.6 cm³/mol. The molecule has 2 unspecified atom stereocenters. The fourth-order valence-electron chi connectivity index (χ4n) is 2.39. The van der Waals surface area contributed by atoms with E-state index in [0.717, 1.165) is 32.6 Å². The van der Waals surface area contributed by atoms with Crippen LogP contribution >= 0.6 is 0 Å². The number of nitrogens with one attached hydrogen (secondary N) is 2. The summed E-state index contributed by atoms with van der Waals surface area (Å²) in [5.74, 6) is 0.726. The zero-order chi connectivity index (χ0) is 13.8. The van der Waals surface area contributed by atoms with Gasteiger partial charge < -0.3 is 15.5 Å². The molecular formula is C14H29N3O. The van der Waals surface area contributed by atoms with Crippen molar-refractivity contribution in [2.24, 2.45) is 5.92 Å². The van der Waals surface area contributed by atoms with Crippen LogP contribution in [-0.2, 0) is 4.79 Å². The number of nitrogens with zero attached hydrogens (tertiary/aromatic N) is 1. The molecule has 4 heteroatoms. The normalized spacial score (nSPS) is 23.1. The molecule has 0 radical (unpaired) electrons. The molecular weight excluding hydrogens is 226 g/mol. The summed E-state index contributed by atoms with van der Waals surface area (Å²) >= 11 is 0. The smallest absolute Gasteiger partial charge is 0.217 e. The number of likely N-dealkylation sites (tertiary alicyclic amines) is 1. The zero-order valence-corrected chi connectivity index (χ0v) is 12.5. The first-order valence-electron chi connectivity index (χ1n) is 7.01. The minimum atomic E-state index is 0.0873. The fourth-order valence-corrected chi connectivity index (χ4v) is 2.39. The lowest BCUT2D eigenvalue weighted by atomic mass is 10.1. The van der Waals surface area contributed by atoms with Crippen molar-refractivity contribution in [1.82, 2.24) is 15.5 Å². The maximum Gasteiger partial charge on any atom is 0.217 e. The van der Waals surface area contributed by atoms with E-state index < -0.39 is 0 Å². The second-order valence-corrected chi connectivity index (χ2v) is 6.68. The van der Waals surface area contributed by atoms with Crippen LogP contribution in [0.1, 0.15) is 41.0 Å². The summed E-state index contributed by atoms with van der Waals surface area (Å²) in [6.07, 6.45) is 1.08. The van der Waals surface area contributed by atoms with Crippen molar-refractivity contribution in [3.8, 4) is 0 Å². The number of hydrogen-bond acceptors (Lipinski definition) is 3. The number of amides is 1. The van der Waals surface area contributed by atoms with Gasteiger partial charge in [-0.2, -0.15) is 0 Å². The van der Waals surface area contributed by atoms with Gasteiger partial charge in [-0.05, 0) is 39.7 Å². The molecule has 2 N–H and O–H groups in total. The summed E-state index contributed by atoms with van der Waals surface area (Å²) in [7, 11) is 0. The van der Waals surface area contributed by atoms with Gasteiger partial charge in [-0.3, -0.25) is 4.79 Å². The highest BCUT2D eigenvalue weighted by molar-refractivity contribution is 5.73. The van der Waals surface area contributed by atoms with Crippen LogP contribution in [0, 0.1) is 5.92 Å². The number of rotatable bonds is 5. The molecule has 18 heavy (non-hydrogen) atoms. The Labute approximate surface area is 111 Å². The third-order valence-electron chi connectivity index (χ3n) is 3.23. The van der Waals surface area contributed by atoms with Crippen LogP contribution in [0.5, 0.6) is 0 Å². The van der Waals surface area contributed by atoms with E-state index in [1.165, 1.54) is 0 Å². The van der Waals surface area contributed by atoms with Gasteiger partial charge in [-0.25, -0.2) is 0 Å². The summed E-state index contributed by atoms with van der Waals surface area (Å²) in [6.45, 7) is 14.7. The van der Waals surface area contributed by atoms with Crippen molar-refractivity contribution in [2.75, 3.05) is 26.2 Å². The molecule has 0 aliphatic carbocycles. The van der Waals surface area contributed by atoms with Crippen LogP contribution in [0.4, 0.5) is 0 Å². The molecule has 1 saturated heterocycles. The third kappa shape index (κ3) is 6.36. The van der Waals surface area contributed by atoms with Crippen LogP contribution in [0.3, 0.4) is 0 Å². The molecule has 0 spiro atoms. The van der Waals surface area contributed by atoms with Gasteiger partial charge in [0, 0.05) is 38.1 Å². The Morgan fingerprint density at radius 3 is 2.67 bits per heavy atom. The highest BCUT2D eigenvalue weighted by Crippen LogP contribution is 2.12. The van der Waals surface area contributed by atoms with E-state index in [1.807, 2.05) is 0 Å². The van der Waals surface area contributed by atoms with Crippen molar-refractivity contribution in [3.05, 3.63) is 0 Å². The van der Waals surface area contributed by atoms with Crippen molar-refractivity contribution in [2.45, 2.75) is 52.6 Å². The highest BCUT2D eigenvalue weighted by Gasteiger charge is 2.24. The lowest BCUT2D eigenvalue weighted by Gasteiger charge is -2.26. The van der Waals surface area contributed by atoms with Gasteiger partial charge in [0.2, 0.25) is 5.91 Å². The molecule has 2 atom stereocenters. The van der Waals surface area contributed by atoms with Gasteiger partial charge in [-0.1, -0.05) is 6.92 Å². The van der Waals surface area contributed by atoms with Gasteiger partial charge in [0.1, 0.15) is 0 Å². The summed E-state index contributed by atoms with van der Waals surface area (Å²) in [4.78, 5) is 13.5. The van der Waals surface area contributed by atoms with Gasteiger partial charge in [0.05, 0.1) is 0 Å². The largest absolute Gasteiger partial charge is 0.352 e. The Bertz CT molecular complexity index is 273. The number of carbonyl (C=O) groups excluding carboxylic acids is 1. The molecule has 1 amide bonds. The van der Waals surface area contributed by atoms with E-state index in [9.17, 15) is 4.79 Å². The molecule has 0 aromatic rings. The van der Waals surface area contributed by atoms with E-state index in [4.69, 9.17) is 0 Å². The van der Waals surface area contributed by atoms with Gasteiger partial charge in [-0.15, -0.1) is 0 Å². The number of carbonyl (C=O) groups is 1. The molecule has 0 aromatic heterocycles. The summed E-state index contributed by atoms with van der Waals surface area (Å²) in [5, 5.41) is 6.55. The van der Waals surface area contributed by atoms with Crippen molar-refractivity contribution >= 4 is 5.91 Å². The Morgan fingerprint density at radius 1 is 1.44 bits per heavy atom. The third-order valence-corrected chi connectivity index (χ3v) is 3.23. The van der Waals surface area contributed by atoms with Crippen molar-refractivity contribution in [1.29, 1.82) is 0 Å². The Balaban J connectivity index is 2.21. The van der Waals surface area contributed by atoms with E-state index in [0.29, 0.717) is 12.0 Å². The minimum Gasteiger partial charge on any atom is -0.352 e. The minimum absolute atomic E-state index is 0.0873. The van der Waals surface area contributed by atoms with E-state index in [2.05, 4.69) is 43.2 Å². The van der Waals surface area contributed by atoms with Gasteiger partial charge in [0.15, 0.2) is 0 Å². The first-order valence-corrected chi connectivity index (χ1v) is 7.01. The van der Waals surface area contributed by atoms with Crippen LogP contribution in [0.25, 0.3) is 0 Å². The molecule has 0 bridgehead atoms. The van der Waals surface area contributed by atoms with E-state index >= 15 is 0 Å². The van der Waals surface area contributed by atoms with E-state index in [-0.39, 0.29) is 11.4 Å². The van der Waals surface area contributed by atoms with Crippen LogP contribution < -0.4 is 10.6 Å². The molecule has 106 valence electrons. The average Bonchev–Trinajstić information content (AvgIpc) is 2.60. The van der Waals surface area contributed by atoms with E-state index in [1.54, 1.807) is 6.92 Å². The molecule has 1 fully saturated rings. The van der Waals surface area contributed by atoms with Crippen LogP contribution in [0.2, 0.25) is 0 Å². The van der Waals surface area contributed by atoms with Crippen molar-refractivity contribution in [3.63, 3.8) is 0 Å². The second kappa shape index (κ2) is 6.53. The highest BCUT2D eigenvalue weighted by atomic mass is 16.1. The molecule has 1 heterocycles. The van der Waals surface area contributed by atoms with Gasteiger partial charge >= 0.3 is 0 Å². The molecule has 0 saturated carbocycles. The SMILES string of the molecule is CC(=O)NC1CCN(CC(C)CNC(C)(C)C)C1. The molecule has 1 aliphatic heterocycles. The lowest BCUT2D eigenvalue weighted by Crippen LogP contribution is -2.42. The quantitative estimate of drug-likeness (QED) is 0.776. The Morgan fingerprint density at radius 2 is 2.11 bits per heavy atom. The average molecular weight is 255 g/mol. The first-order chi connectivity index (χ1) is 8.26. The standard InChI is InChI=1S/C14H29N3O/c1-11(8-15-14(3,4)5)9-17-7-6-13(10-17)16-12(2)18/h11,13,15H,6-10H2,1-5H3,(H,16,18). The lowest BCUT2D eigenvalue weighted by molar-refractivity contribution is -0.119. The topological polar surface area (TPSA) is 44.4 Å². The first kappa shape index (κ1) is 15.4. The monoisotopic (exact) mass is 255 g/mol. The van der Waals surface area contributed by atoms with Crippen molar-refractivity contribution < 1.29 is 4.79 Å². The van der Waals surface area contributed by atoms with Crippen LogP contribution in [0.15, 0.2) is 0 Å². The second-order valence-electron chi connectivity index (χ2n) is 6.68. The molecule has 0 aromatic carbocycles. The fraction of sp³-hybridized carbons (Fsp3) is 0.929. The number of hydrogen-bond donors (Lipinski definition) is 2. The molecule has 4 nitrogen and oxygen atoms in total. The maximum atomic E-state index is 11.0. The summed E-state index contributed by atoms with van der Waals surface area (Å²) < 4.78 is 0. The van der Waals surface area contributed by atoms with Crippen LogP contribution in [-0.4, -0.2) is 48.6 Å². The summed E-state index contributed by atoms with van der Waals surface area (Å²) in [5.41, 5.74) is 0.192. The molecule has 1 rings (SSSR count). The zero-order valence-electron chi connectivity index (χ0n) is 12.5.